The molecule has 1 aromatic carbocycles. The van der Waals surface area contributed by atoms with Crippen LogP contribution in [0.15, 0.2) is 18.2 Å². The minimum atomic E-state index is -0.432. The van der Waals surface area contributed by atoms with E-state index in [1.807, 2.05) is 0 Å². The maximum absolute atomic E-state index is 12.1. The maximum Gasteiger partial charge on any atom is 0.272 e. The number of nitrogens with zero attached hydrogens (tertiary/aromatic N) is 1. The molecule has 1 aliphatic rings. The first-order valence-electron chi connectivity index (χ1n) is 6.78. The summed E-state index contributed by atoms with van der Waals surface area (Å²) in [6.07, 6.45) is 0.0839. The number of nitro benzene ring substituents is 1. The molecule has 2 N–H and O–H groups in total. The van der Waals surface area contributed by atoms with Crippen LogP contribution in [0.2, 0.25) is 0 Å². The summed E-state index contributed by atoms with van der Waals surface area (Å²) in [4.78, 5) is 22.6. The lowest BCUT2D eigenvalue weighted by Crippen LogP contribution is -2.44. The highest BCUT2D eigenvalue weighted by atomic mass is 16.6. The van der Waals surface area contributed by atoms with Gasteiger partial charge in [-0.1, -0.05) is 12.1 Å². The molecule has 0 aliphatic carbocycles. The topological polar surface area (TPSA) is 93.5 Å². The molecular formula is C14H19N3O4. The van der Waals surface area contributed by atoms with E-state index in [4.69, 9.17) is 4.74 Å². The number of hydrogen-bond acceptors (Lipinski definition) is 5. The fraction of sp³-hybridized carbons (Fsp3) is 0.500. The number of ether oxygens (including phenoxy) is 1. The van der Waals surface area contributed by atoms with E-state index in [1.54, 1.807) is 26.2 Å². The summed E-state index contributed by atoms with van der Waals surface area (Å²) in [5.41, 5.74) is 1.24. The lowest BCUT2D eigenvalue weighted by atomic mass is 10.0. The van der Waals surface area contributed by atoms with E-state index in [2.05, 4.69) is 10.6 Å². The first-order chi connectivity index (χ1) is 10.0. The standard InChI is InChI=1S/C14H19N3O4/c1-9-10(4-3-5-12(9)17(19)20)6-14(18)16-11-7-15-8-13(11)21-2/h3-5,11,13,15H,6-8H2,1-2H3,(H,16,18)/t11-,13+/m1/s1. The molecule has 1 saturated heterocycles. The summed E-state index contributed by atoms with van der Waals surface area (Å²) in [6, 6.07) is 4.71. The van der Waals surface area contributed by atoms with E-state index < -0.39 is 4.92 Å². The van der Waals surface area contributed by atoms with Crippen LogP contribution in [0.1, 0.15) is 11.1 Å². The van der Waals surface area contributed by atoms with E-state index >= 15 is 0 Å². The number of methoxy groups -OCH3 is 1. The average Bonchev–Trinajstić information content (AvgIpc) is 2.87. The summed E-state index contributed by atoms with van der Waals surface area (Å²) in [5.74, 6) is -0.158. The molecule has 114 valence electrons. The van der Waals surface area contributed by atoms with Crippen LogP contribution in [0.25, 0.3) is 0 Å². The molecule has 2 rings (SSSR count). The van der Waals surface area contributed by atoms with Gasteiger partial charge in [-0.05, 0) is 12.5 Å². The Kier molecular flexibility index (Phi) is 4.87. The molecular weight excluding hydrogens is 274 g/mol. The van der Waals surface area contributed by atoms with E-state index in [0.717, 1.165) is 0 Å². The molecule has 21 heavy (non-hydrogen) atoms. The van der Waals surface area contributed by atoms with Crippen LogP contribution in [0.3, 0.4) is 0 Å². The number of hydrogen-bond donors (Lipinski definition) is 2. The molecule has 1 fully saturated rings. The van der Waals surface area contributed by atoms with Crippen molar-refractivity contribution in [1.82, 2.24) is 10.6 Å². The zero-order chi connectivity index (χ0) is 15.4. The highest BCUT2D eigenvalue weighted by Crippen LogP contribution is 2.21. The third-order valence-electron chi connectivity index (χ3n) is 3.77. The van der Waals surface area contributed by atoms with Crippen LogP contribution in [0, 0.1) is 17.0 Å². The Labute approximate surface area is 122 Å². The van der Waals surface area contributed by atoms with E-state index in [1.165, 1.54) is 6.07 Å². The second-order valence-electron chi connectivity index (χ2n) is 5.10. The van der Waals surface area contributed by atoms with Gasteiger partial charge in [0, 0.05) is 31.8 Å². The lowest BCUT2D eigenvalue weighted by molar-refractivity contribution is -0.385. The Morgan fingerprint density at radius 2 is 2.29 bits per heavy atom. The number of rotatable bonds is 5. The molecule has 7 heteroatoms. The Morgan fingerprint density at radius 3 is 2.95 bits per heavy atom. The van der Waals surface area contributed by atoms with Gasteiger partial charge in [0.2, 0.25) is 5.91 Å². The van der Waals surface area contributed by atoms with Crippen LogP contribution in [-0.4, -0.2) is 43.2 Å². The van der Waals surface area contributed by atoms with Crippen molar-refractivity contribution in [2.75, 3.05) is 20.2 Å². The van der Waals surface area contributed by atoms with Gasteiger partial charge >= 0.3 is 0 Å². The Bertz CT molecular complexity index is 547. The summed E-state index contributed by atoms with van der Waals surface area (Å²) in [6.45, 7) is 3.03. The Morgan fingerprint density at radius 1 is 1.52 bits per heavy atom. The third-order valence-corrected chi connectivity index (χ3v) is 3.77. The highest BCUT2D eigenvalue weighted by Gasteiger charge is 2.28. The zero-order valence-electron chi connectivity index (χ0n) is 12.1. The summed E-state index contributed by atoms with van der Waals surface area (Å²) in [5, 5.41) is 17.0. The first kappa shape index (κ1) is 15.4. The third kappa shape index (κ3) is 3.56. The van der Waals surface area contributed by atoms with Crippen LogP contribution in [0.4, 0.5) is 5.69 Å². The number of carbonyl (C=O) groups excluding carboxylic acids is 1. The molecule has 0 bridgehead atoms. The predicted molar refractivity (Wildman–Crippen MR) is 77.1 cm³/mol. The van der Waals surface area contributed by atoms with Crippen LogP contribution in [-0.2, 0) is 16.0 Å². The average molecular weight is 293 g/mol. The minimum Gasteiger partial charge on any atom is -0.378 e. The van der Waals surface area contributed by atoms with Gasteiger partial charge in [0.05, 0.1) is 23.5 Å². The number of benzene rings is 1. The van der Waals surface area contributed by atoms with E-state index in [0.29, 0.717) is 24.2 Å². The van der Waals surface area contributed by atoms with Gasteiger partial charge < -0.3 is 15.4 Å². The summed E-state index contributed by atoms with van der Waals surface area (Å²) in [7, 11) is 1.61. The van der Waals surface area contributed by atoms with Gasteiger partial charge in [0.15, 0.2) is 0 Å². The molecule has 0 radical (unpaired) electrons. The largest absolute Gasteiger partial charge is 0.378 e. The number of nitrogens with one attached hydrogen (secondary N) is 2. The smallest absolute Gasteiger partial charge is 0.272 e. The second-order valence-corrected chi connectivity index (χ2v) is 5.10. The van der Waals surface area contributed by atoms with Gasteiger partial charge in [0.1, 0.15) is 0 Å². The number of carbonyl (C=O) groups is 1. The SMILES string of the molecule is CO[C@H]1CNC[C@H]1NC(=O)Cc1cccc([N+](=O)[O-])c1C. The lowest BCUT2D eigenvalue weighted by Gasteiger charge is -2.18. The molecule has 0 spiro atoms. The predicted octanol–water partition coefficient (Wildman–Crippen LogP) is 0.549. The molecule has 0 aromatic heterocycles. The van der Waals surface area contributed by atoms with Crippen molar-refractivity contribution in [1.29, 1.82) is 0 Å². The van der Waals surface area contributed by atoms with Crippen LogP contribution < -0.4 is 10.6 Å². The van der Waals surface area contributed by atoms with Gasteiger partial charge in [-0.25, -0.2) is 0 Å². The zero-order valence-corrected chi connectivity index (χ0v) is 12.1. The fourth-order valence-electron chi connectivity index (χ4n) is 2.54. The maximum atomic E-state index is 12.1. The van der Waals surface area contributed by atoms with Crippen molar-refractivity contribution in [3.05, 3.63) is 39.4 Å². The van der Waals surface area contributed by atoms with Crippen molar-refractivity contribution < 1.29 is 14.5 Å². The van der Waals surface area contributed by atoms with Crippen molar-refractivity contribution in [3.8, 4) is 0 Å². The van der Waals surface area contributed by atoms with Gasteiger partial charge in [0.25, 0.3) is 5.69 Å². The normalized spacial score (nSPS) is 21.2. The monoisotopic (exact) mass is 293 g/mol. The molecule has 1 aromatic rings. The molecule has 1 heterocycles. The van der Waals surface area contributed by atoms with Gasteiger partial charge in [-0.15, -0.1) is 0 Å². The summed E-state index contributed by atoms with van der Waals surface area (Å²) < 4.78 is 5.28. The summed E-state index contributed by atoms with van der Waals surface area (Å²) >= 11 is 0. The van der Waals surface area contributed by atoms with Crippen molar-refractivity contribution in [2.24, 2.45) is 0 Å². The molecule has 7 nitrogen and oxygen atoms in total. The number of nitro groups is 1. The first-order valence-corrected chi connectivity index (χ1v) is 6.78. The molecule has 0 unspecified atom stereocenters. The Balaban J connectivity index is 2.03. The quantitative estimate of drug-likeness (QED) is 0.611. The van der Waals surface area contributed by atoms with Crippen LogP contribution >= 0.6 is 0 Å². The Hall–Kier alpha value is -1.99. The molecule has 1 aliphatic heterocycles. The van der Waals surface area contributed by atoms with E-state index in [-0.39, 0.29) is 30.2 Å². The van der Waals surface area contributed by atoms with Crippen molar-refractivity contribution in [2.45, 2.75) is 25.5 Å². The molecule has 1 amide bonds. The van der Waals surface area contributed by atoms with E-state index in [9.17, 15) is 14.9 Å². The number of amides is 1. The molecule has 2 atom stereocenters. The fourth-order valence-corrected chi connectivity index (χ4v) is 2.54. The molecule has 0 saturated carbocycles. The highest BCUT2D eigenvalue weighted by molar-refractivity contribution is 5.79. The van der Waals surface area contributed by atoms with Gasteiger partial charge in [-0.3, -0.25) is 14.9 Å². The second kappa shape index (κ2) is 6.64. The van der Waals surface area contributed by atoms with Crippen LogP contribution in [0.5, 0.6) is 0 Å². The van der Waals surface area contributed by atoms with Crippen molar-refractivity contribution >= 4 is 11.6 Å². The minimum absolute atomic E-state index is 0.0394. The van der Waals surface area contributed by atoms with Gasteiger partial charge in [-0.2, -0.15) is 0 Å². The van der Waals surface area contributed by atoms with Crippen molar-refractivity contribution in [3.63, 3.8) is 0 Å².